The Kier molecular flexibility index (Phi) is 4.13. The minimum atomic E-state index is 0.171. The molecule has 19 heavy (non-hydrogen) atoms. The van der Waals surface area contributed by atoms with Crippen LogP contribution in [0.15, 0.2) is 28.7 Å². The number of hydrogen-bond donors (Lipinski definition) is 2. The molecule has 0 radical (unpaired) electrons. The molecule has 1 aromatic heterocycles. The maximum atomic E-state index is 5.58. The van der Waals surface area contributed by atoms with Gasteiger partial charge in [0.15, 0.2) is 0 Å². The summed E-state index contributed by atoms with van der Waals surface area (Å²) in [5, 5.41) is 0. The van der Waals surface area contributed by atoms with Crippen molar-refractivity contribution in [3.8, 4) is 11.8 Å². The average molecular weight is 325 g/mol. The number of hydrazine groups is 1. The Morgan fingerprint density at radius 1 is 1.26 bits per heavy atom. The Labute approximate surface area is 118 Å². The van der Waals surface area contributed by atoms with Crippen molar-refractivity contribution in [3.63, 3.8) is 0 Å². The van der Waals surface area contributed by atoms with Gasteiger partial charge in [-0.25, -0.2) is 5.84 Å². The van der Waals surface area contributed by atoms with Crippen molar-refractivity contribution in [1.82, 2.24) is 15.0 Å². The topological polar surface area (TPSA) is 89.2 Å². The largest absolute Gasteiger partial charge is 0.424 e. The van der Waals surface area contributed by atoms with E-state index in [1.165, 1.54) is 0 Å². The van der Waals surface area contributed by atoms with Crippen LogP contribution in [0.5, 0.6) is 11.8 Å². The second-order valence-electron chi connectivity index (χ2n) is 3.84. The van der Waals surface area contributed by atoms with E-state index in [9.17, 15) is 0 Å². The van der Waals surface area contributed by atoms with Gasteiger partial charge in [-0.05, 0) is 18.2 Å². The maximum Gasteiger partial charge on any atom is 0.328 e. The summed E-state index contributed by atoms with van der Waals surface area (Å²) >= 11 is 3.37. The fourth-order valence-corrected chi connectivity index (χ4v) is 1.67. The van der Waals surface area contributed by atoms with Gasteiger partial charge in [-0.2, -0.15) is 15.0 Å². The highest BCUT2D eigenvalue weighted by Crippen LogP contribution is 2.23. The van der Waals surface area contributed by atoms with E-state index in [1.807, 2.05) is 32.3 Å². The molecule has 0 spiro atoms. The number of nitrogens with one attached hydrogen (secondary N) is 1. The van der Waals surface area contributed by atoms with Gasteiger partial charge in [0.1, 0.15) is 5.75 Å². The first-order chi connectivity index (χ1) is 9.08. The van der Waals surface area contributed by atoms with Crippen molar-refractivity contribution in [1.29, 1.82) is 0 Å². The van der Waals surface area contributed by atoms with Crippen LogP contribution in [0.3, 0.4) is 0 Å². The number of benzene rings is 1. The number of rotatable bonds is 4. The van der Waals surface area contributed by atoms with Crippen molar-refractivity contribution >= 4 is 27.8 Å². The third kappa shape index (κ3) is 3.52. The first kappa shape index (κ1) is 13.5. The summed E-state index contributed by atoms with van der Waals surface area (Å²) < 4.78 is 6.48. The number of aromatic nitrogens is 3. The van der Waals surface area contributed by atoms with Gasteiger partial charge in [-0.3, -0.25) is 5.43 Å². The molecule has 2 aromatic rings. The Morgan fingerprint density at radius 3 is 2.68 bits per heavy atom. The highest BCUT2D eigenvalue weighted by atomic mass is 79.9. The molecular formula is C11H13BrN6O. The molecule has 0 aliphatic heterocycles. The number of anilines is 2. The molecule has 0 aliphatic carbocycles. The minimum absolute atomic E-state index is 0.171. The van der Waals surface area contributed by atoms with Crippen molar-refractivity contribution in [3.05, 3.63) is 28.7 Å². The molecule has 0 fully saturated rings. The third-order valence-electron chi connectivity index (χ3n) is 2.14. The first-order valence-electron chi connectivity index (χ1n) is 5.42. The number of halogens is 1. The zero-order valence-electron chi connectivity index (χ0n) is 10.5. The van der Waals surface area contributed by atoms with Gasteiger partial charge in [-0.1, -0.05) is 22.0 Å². The highest BCUT2D eigenvalue weighted by molar-refractivity contribution is 9.10. The van der Waals surface area contributed by atoms with Crippen molar-refractivity contribution in [2.24, 2.45) is 5.84 Å². The Bertz CT molecular complexity index is 577. The molecule has 0 aliphatic rings. The van der Waals surface area contributed by atoms with Gasteiger partial charge >= 0.3 is 6.01 Å². The second-order valence-corrected chi connectivity index (χ2v) is 4.76. The normalized spacial score (nSPS) is 10.1. The molecule has 1 heterocycles. The van der Waals surface area contributed by atoms with Crippen LogP contribution in [0.25, 0.3) is 0 Å². The predicted octanol–water partition coefficient (Wildman–Crippen LogP) is 1.78. The van der Waals surface area contributed by atoms with E-state index in [0.717, 1.165) is 4.47 Å². The number of nitrogens with zero attached hydrogens (tertiary/aromatic N) is 4. The van der Waals surface area contributed by atoms with E-state index in [1.54, 1.807) is 11.0 Å². The lowest BCUT2D eigenvalue weighted by molar-refractivity contribution is 0.440. The molecule has 0 bridgehead atoms. The van der Waals surface area contributed by atoms with Gasteiger partial charge in [0, 0.05) is 18.6 Å². The Morgan fingerprint density at radius 2 is 2.05 bits per heavy atom. The van der Waals surface area contributed by atoms with E-state index in [-0.39, 0.29) is 12.0 Å². The smallest absolute Gasteiger partial charge is 0.328 e. The van der Waals surface area contributed by atoms with Crippen LogP contribution in [0.4, 0.5) is 11.9 Å². The van der Waals surface area contributed by atoms with E-state index in [2.05, 4.69) is 36.3 Å². The molecule has 100 valence electrons. The van der Waals surface area contributed by atoms with Crippen LogP contribution in [0.1, 0.15) is 0 Å². The average Bonchev–Trinajstić information content (AvgIpc) is 2.38. The van der Waals surface area contributed by atoms with E-state index in [4.69, 9.17) is 10.6 Å². The van der Waals surface area contributed by atoms with Gasteiger partial charge in [0.05, 0.1) is 0 Å². The summed E-state index contributed by atoms with van der Waals surface area (Å²) in [5.41, 5.74) is 2.38. The van der Waals surface area contributed by atoms with Gasteiger partial charge < -0.3 is 9.64 Å². The summed E-state index contributed by atoms with van der Waals surface area (Å²) in [6, 6.07) is 7.55. The fraction of sp³-hybridized carbons (Fsp3) is 0.182. The summed E-state index contributed by atoms with van der Waals surface area (Å²) in [7, 11) is 3.64. The predicted molar refractivity (Wildman–Crippen MR) is 76.2 cm³/mol. The summed E-state index contributed by atoms with van der Waals surface area (Å²) in [4.78, 5) is 14.0. The fourth-order valence-electron chi connectivity index (χ4n) is 1.29. The molecule has 0 atom stereocenters. The number of nitrogens with two attached hydrogens (primary N) is 1. The standard InChI is InChI=1S/C11H13BrN6O/c1-18(2)10-14-9(17-13)15-11(16-10)19-8-5-3-4-7(12)6-8/h3-6H,13H2,1-2H3,(H,14,15,16,17). The molecule has 0 amide bonds. The molecule has 2 rings (SSSR count). The van der Waals surface area contributed by atoms with E-state index in [0.29, 0.717) is 11.7 Å². The minimum Gasteiger partial charge on any atom is -0.424 e. The third-order valence-corrected chi connectivity index (χ3v) is 2.63. The SMILES string of the molecule is CN(C)c1nc(NN)nc(Oc2cccc(Br)c2)n1. The molecule has 1 aromatic carbocycles. The lowest BCUT2D eigenvalue weighted by atomic mass is 10.3. The van der Waals surface area contributed by atoms with Crippen LogP contribution in [-0.4, -0.2) is 29.0 Å². The molecule has 3 N–H and O–H groups in total. The quantitative estimate of drug-likeness (QED) is 0.654. The maximum absolute atomic E-state index is 5.58. The van der Waals surface area contributed by atoms with Gasteiger partial charge in [0.2, 0.25) is 11.9 Å². The van der Waals surface area contributed by atoms with Crippen LogP contribution in [0, 0.1) is 0 Å². The van der Waals surface area contributed by atoms with Crippen LogP contribution >= 0.6 is 15.9 Å². The molecular weight excluding hydrogens is 312 g/mol. The number of hydrogen-bond acceptors (Lipinski definition) is 7. The van der Waals surface area contributed by atoms with Crippen LogP contribution < -0.4 is 20.9 Å². The molecule has 0 unspecified atom stereocenters. The lowest BCUT2D eigenvalue weighted by Gasteiger charge is -2.12. The zero-order chi connectivity index (χ0) is 13.8. The van der Waals surface area contributed by atoms with Crippen molar-refractivity contribution < 1.29 is 4.74 Å². The monoisotopic (exact) mass is 324 g/mol. The molecule has 7 nitrogen and oxygen atoms in total. The first-order valence-corrected chi connectivity index (χ1v) is 6.21. The van der Waals surface area contributed by atoms with E-state index < -0.39 is 0 Å². The van der Waals surface area contributed by atoms with Crippen LogP contribution in [-0.2, 0) is 0 Å². The van der Waals surface area contributed by atoms with Crippen LogP contribution in [0.2, 0.25) is 0 Å². The summed E-state index contributed by atoms with van der Waals surface area (Å²) in [6.45, 7) is 0. The molecule has 0 saturated heterocycles. The highest BCUT2D eigenvalue weighted by Gasteiger charge is 2.09. The summed E-state index contributed by atoms with van der Waals surface area (Å²) in [5.74, 6) is 6.63. The van der Waals surface area contributed by atoms with Crippen molar-refractivity contribution in [2.45, 2.75) is 0 Å². The molecule has 0 saturated carbocycles. The number of nitrogen functional groups attached to an aromatic ring is 1. The second kappa shape index (κ2) is 5.81. The summed E-state index contributed by atoms with van der Waals surface area (Å²) in [6.07, 6.45) is 0. The number of ether oxygens (including phenoxy) is 1. The van der Waals surface area contributed by atoms with Gasteiger partial charge in [0.25, 0.3) is 0 Å². The zero-order valence-corrected chi connectivity index (χ0v) is 12.0. The van der Waals surface area contributed by atoms with Crippen molar-refractivity contribution in [2.75, 3.05) is 24.4 Å². The Hall–Kier alpha value is -1.93. The van der Waals surface area contributed by atoms with Gasteiger partial charge in [-0.15, -0.1) is 0 Å². The Balaban J connectivity index is 2.31. The lowest BCUT2D eigenvalue weighted by Crippen LogP contribution is -2.17. The van der Waals surface area contributed by atoms with E-state index >= 15 is 0 Å². The molecule has 8 heteroatoms.